The third-order valence-electron chi connectivity index (χ3n) is 5.02. The number of aryl methyl sites for hydroxylation is 1. The van der Waals surface area contributed by atoms with Gasteiger partial charge in [0, 0.05) is 18.0 Å². The highest BCUT2D eigenvalue weighted by atomic mass is 16.5. The van der Waals surface area contributed by atoms with Gasteiger partial charge < -0.3 is 15.4 Å². The summed E-state index contributed by atoms with van der Waals surface area (Å²) < 4.78 is 5.96. The highest BCUT2D eigenvalue weighted by molar-refractivity contribution is 6.08. The zero-order chi connectivity index (χ0) is 17.6. The van der Waals surface area contributed by atoms with Crippen LogP contribution in [0.15, 0.2) is 48.5 Å². The van der Waals surface area contributed by atoms with Gasteiger partial charge >= 0.3 is 0 Å². The predicted octanol–water partition coefficient (Wildman–Crippen LogP) is 2.96. The third-order valence-corrected chi connectivity index (χ3v) is 5.02. The number of para-hydroxylation sites is 2. The van der Waals surface area contributed by atoms with Gasteiger partial charge in [0.2, 0.25) is 11.8 Å². The van der Waals surface area contributed by atoms with Crippen LogP contribution in [0.4, 0.5) is 5.69 Å². The Balaban J connectivity index is 1.69. The lowest BCUT2D eigenvalue weighted by Crippen LogP contribution is -2.62. The van der Waals surface area contributed by atoms with Crippen molar-refractivity contribution < 1.29 is 14.3 Å². The number of piperidine rings is 1. The van der Waals surface area contributed by atoms with E-state index >= 15 is 0 Å². The van der Waals surface area contributed by atoms with Crippen LogP contribution in [0.3, 0.4) is 0 Å². The molecule has 2 bridgehead atoms. The minimum atomic E-state index is -0.780. The van der Waals surface area contributed by atoms with Gasteiger partial charge in [0.25, 0.3) is 0 Å². The molecule has 4 rings (SSSR count). The fourth-order valence-electron chi connectivity index (χ4n) is 3.81. The van der Waals surface area contributed by atoms with Crippen molar-refractivity contribution in [3.05, 3.63) is 59.7 Å². The number of ether oxygens (including phenoxy) is 1. The van der Waals surface area contributed by atoms with Crippen LogP contribution in [-0.4, -0.2) is 17.5 Å². The van der Waals surface area contributed by atoms with E-state index in [2.05, 4.69) is 10.6 Å². The second kappa shape index (κ2) is 5.62. The van der Waals surface area contributed by atoms with Crippen molar-refractivity contribution in [2.45, 2.75) is 31.9 Å². The molecule has 2 amide bonds. The highest BCUT2D eigenvalue weighted by Crippen LogP contribution is 2.46. The summed E-state index contributed by atoms with van der Waals surface area (Å²) >= 11 is 0. The molecule has 5 heteroatoms. The number of hydrogen-bond acceptors (Lipinski definition) is 3. The SMILES string of the molecule is Cc1ccccc1NC(=O)C1C(=O)NC2(C)CC1c1ccccc1O2. The van der Waals surface area contributed by atoms with Crippen LogP contribution in [0, 0.1) is 12.8 Å². The van der Waals surface area contributed by atoms with Crippen molar-refractivity contribution >= 4 is 17.5 Å². The smallest absolute Gasteiger partial charge is 0.237 e. The van der Waals surface area contributed by atoms with E-state index < -0.39 is 11.6 Å². The maximum Gasteiger partial charge on any atom is 0.237 e. The van der Waals surface area contributed by atoms with E-state index in [1.807, 2.05) is 62.4 Å². The summed E-state index contributed by atoms with van der Waals surface area (Å²) in [4.78, 5) is 25.6. The maximum absolute atomic E-state index is 12.9. The zero-order valence-corrected chi connectivity index (χ0v) is 14.2. The first-order valence-electron chi connectivity index (χ1n) is 8.43. The molecule has 0 saturated carbocycles. The average molecular weight is 336 g/mol. The van der Waals surface area contributed by atoms with Gasteiger partial charge in [0.15, 0.2) is 5.72 Å². The Labute approximate surface area is 146 Å². The lowest BCUT2D eigenvalue weighted by molar-refractivity contribution is -0.145. The van der Waals surface area contributed by atoms with Gasteiger partial charge in [-0.15, -0.1) is 0 Å². The zero-order valence-electron chi connectivity index (χ0n) is 14.2. The average Bonchev–Trinajstić information content (AvgIpc) is 2.56. The summed E-state index contributed by atoms with van der Waals surface area (Å²) in [6, 6.07) is 15.2. The predicted molar refractivity (Wildman–Crippen MR) is 94.3 cm³/mol. The van der Waals surface area contributed by atoms with Crippen molar-refractivity contribution in [1.82, 2.24) is 5.32 Å². The van der Waals surface area contributed by atoms with Crippen LogP contribution < -0.4 is 15.4 Å². The summed E-state index contributed by atoms with van der Waals surface area (Å²) in [5, 5.41) is 5.79. The summed E-state index contributed by atoms with van der Waals surface area (Å²) in [6.45, 7) is 3.78. The maximum atomic E-state index is 12.9. The lowest BCUT2D eigenvalue weighted by Gasteiger charge is -2.46. The molecule has 25 heavy (non-hydrogen) atoms. The van der Waals surface area contributed by atoms with E-state index in [-0.39, 0.29) is 17.7 Å². The summed E-state index contributed by atoms with van der Waals surface area (Å²) in [5.41, 5.74) is 1.84. The Morgan fingerprint density at radius 3 is 2.72 bits per heavy atom. The molecule has 1 fully saturated rings. The van der Waals surface area contributed by atoms with Crippen LogP contribution in [-0.2, 0) is 9.59 Å². The quantitative estimate of drug-likeness (QED) is 0.829. The number of benzene rings is 2. The molecule has 2 aliphatic heterocycles. The lowest BCUT2D eigenvalue weighted by atomic mass is 9.74. The van der Waals surface area contributed by atoms with Gasteiger partial charge in [-0.3, -0.25) is 9.59 Å². The van der Waals surface area contributed by atoms with Crippen molar-refractivity contribution in [2.75, 3.05) is 5.32 Å². The summed E-state index contributed by atoms with van der Waals surface area (Å²) in [5.74, 6) is -0.824. The van der Waals surface area contributed by atoms with E-state index in [0.29, 0.717) is 6.42 Å². The first-order valence-corrected chi connectivity index (χ1v) is 8.43. The Hall–Kier alpha value is -2.82. The molecule has 2 aliphatic rings. The van der Waals surface area contributed by atoms with Crippen molar-refractivity contribution in [1.29, 1.82) is 0 Å². The molecule has 0 radical (unpaired) electrons. The third kappa shape index (κ3) is 2.65. The first kappa shape index (κ1) is 15.7. The van der Waals surface area contributed by atoms with Gasteiger partial charge in [0.1, 0.15) is 11.7 Å². The summed E-state index contributed by atoms with van der Waals surface area (Å²) in [6.07, 6.45) is 0.571. The normalized spacial score (nSPS) is 26.9. The first-order chi connectivity index (χ1) is 12.0. The Morgan fingerprint density at radius 2 is 1.92 bits per heavy atom. The number of anilines is 1. The van der Waals surface area contributed by atoms with Crippen LogP contribution >= 0.6 is 0 Å². The van der Waals surface area contributed by atoms with Gasteiger partial charge in [-0.05, 0) is 37.1 Å². The number of hydrogen-bond donors (Lipinski definition) is 2. The second-order valence-corrected chi connectivity index (χ2v) is 6.95. The minimum absolute atomic E-state index is 0.201. The molecule has 3 unspecified atom stereocenters. The molecular formula is C20H20N2O3. The molecule has 2 heterocycles. The van der Waals surface area contributed by atoms with E-state index in [1.165, 1.54) is 0 Å². The molecule has 0 aromatic heterocycles. The van der Waals surface area contributed by atoms with Crippen molar-refractivity contribution in [2.24, 2.45) is 5.92 Å². The standard InChI is InChI=1S/C20H20N2O3/c1-12-7-3-5-9-15(12)21-18(23)17-14-11-20(2,22-19(17)24)25-16-10-6-4-8-13(14)16/h3-10,14,17H,11H2,1-2H3,(H,21,23)(H,22,24). The number of carbonyl (C=O) groups excluding carboxylic acids is 2. The summed E-state index contributed by atoms with van der Waals surface area (Å²) in [7, 11) is 0. The fourth-order valence-corrected chi connectivity index (χ4v) is 3.81. The Morgan fingerprint density at radius 1 is 1.20 bits per heavy atom. The van der Waals surface area contributed by atoms with Gasteiger partial charge in [-0.1, -0.05) is 36.4 Å². The van der Waals surface area contributed by atoms with E-state index in [9.17, 15) is 9.59 Å². The van der Waals surface area contributed by atoms with Crippen molar-refractivity contribution in [3.8, 4) is 5.75 Å². The molecule has 128 valence electrons. The monoisotopic (exact) mass is 336 g/mol. The fraction of sp³-hybridized carbons (Fsp3) is 0.300. The van der Waals surface area contributed by atoms with Gasteiger partial charge in [-0.25, -0.2) is 0 Å². The largest absolute Gasteiger partial charge is 0.468 e. The number of carbonyl (C=O) groups is 2. The van der Waals surface area contributed by atoms with E-state index in [4.69, 9.17) is 4.74 Å². The topological polar surface area (TPSA) is 67.4 Å². The minimum Gasteiger partial charge on any atom is -0.468 e. The molecule has 3 atom stereocenters. The number of amides is 2. The Kier molecular flexibility index (Phi) is 3.53. The molecule has 2 N–H and O–H groups in total. The molecule has 2 aromatic rings. The van der Waals surface area contributed by atoms with Gasteiger partial charge in [-0.2, -0.15) is 0 Å². The van der Waals surface area contributed by atoms with Crippen LogP contribution in [0.25, 0.3) is 0 Å². The molecule has 0 aliphatic carbocycles. The van der Waals surface area contributed by atoms with Crippen LogP contribution in [0.1, 0.15) is 30.4 Å². The number of nitrogens with one attached hydrogen (secondary N) is 2. The molecule has 0 spiro atoms. The van der Waals surface area contributed by atoms with Gasteiger partial charge in [0.05, 0.1) is 0 Å². The van der Waals surface area contributed by atoms with Crippen LogP contribution in [0.2, 0.25) is 0 Å². The highest BCUT2D eigenvalue weighted by Gasteiger charge is 2.51. The van der Waals surface area contributed by atoms with Crippen molar-refractivity contribution in [3.63, 3.8) is 0 Å². The molecular weight excluding hydrogens is 316 g/mol. The molecule has 2 aromatic carbocycles. The number of rotatable bonds is 2. The molecule has 5 nitrogen and oxygen atoms in total. The van der Waals surface area contributed by atoms with Crippen LogP contribution in [0.5, 0.6) is 5.75 Å². The second-order valence-electron chi connectivity index (χ2n) is 6.95. The van der Waals surface area contributed by atoms with E-state index in [1.54, 1.807) is 0 Å². The molecule has 1 saturated heterocycles. The van der Waals surface area contributed by atoms with E-state index in [0.717, 1.165) is 22.6 Å². The Bertz CT molecular complexity index is 864. The number of fused-ring (bicyclic) bond motifs is 4.